The van der Waals surface area contributed by atoms with Crippen LogP contribution in [0.5, 0.6) is 0 Å². The SMILES string of the molecule is Cc1cnc(CCN2Cc3nccc(-c4ccncc4)c3C2C=O)c(C)c1. The van der Waals surface area contributed by atoms with Gasteiger partial charge in [0.05, 0.1) is 11.7 Å². The van der Waals surface area contributed by atoms with Crippen LogP contribution < -0.4 is 0 Å². The number of aldehydes is 1. The molecule has 1 aliphatic heterocycles. The molecule has 0 aliphatic carbocycles. The van der Waals surface area contributed by atoms with Gasteiger partial charge in [0.2, 0.25) is 0 Å². The van der Waals surface area contributed by atoms with Crippen LogP contribution in [-0.2, 0) is 17.8 Å². The van der Waals surface area contributed by atoms with Gasteiger partial charge in [-0.2, -0.15) is 0 Å². The Kier molecular flexibility index (Phi) is 4.77. The fourth-order valence-corrected chi connectivity index (χ4v) is 3.86. The summed E-state index contributed by atoms with van der Waals surface area (Å²) in [5.41, 5.74) is 7.58. The zero-order valence-electron chi connectivity index (χ0n) is 15.6. The van der Waals surface area contributed by atoms with Gasteiger partial charge in [-0.15, -0.1) is 0 Å². The monoisotopic (exact) mass is 358 g/mol. The van der Waals surface area contributed by atoms with E-state index in [2.05, 4.69) is 39.8 Å². The zero-order chi connectivity index (χ0) is 18.8. The third-order valence-corrected chi connectivity index (χ3v) is 5.19. The first-order chi connectivity index (χ1) is 13.2. The molecule has 0 spiro atoms. The van der Waals surface area contributed by atoms with Crippen molar-refractivity contribution >= 4 is 6.29 Å². The first-order valence-corrected chi connectivity index (χ1v) is 9.17. The van der Waals surface area contributed by atoms with Gasteiger partial charge in [0, 0.05) is 55.6 Å². The second kappa shape index (κ2) is 7.37. The molecule has 0 radical (unpaired) electrons. The summed E-state index contributed by atoms with van der Waals surface area (Å²) in [5, 5.41) is 0. The summed E-state index contributed by atoms with van der Waals surface area (Å²) in [5.74, 6) is 0. The van der Waals surface area contributed by atoms with Gasteiger partial charge in [0.25, 0.3) is 0 Å². The summed E-state index contributed by atoms with van der Waals surface area (Å²) in [6.45, 7) is 5.60. The molecule has 1 atom stereocenters. The van der Waals surface area contributed by atoms with Gasteiger partial charge >= 0.3 is 0 Å². The number of carbonyl (C=O) groups is 1. The van der Waals surface area contributed by atoms with E-state index in [1.54, 1.807) is 12.4 Å². The van der Waals surface area contributed by atoms with Crippen molar-refractivity contribution in [1.82, 2.24) is 19.9 Å². The third-order valence-electron chi connectivity index (χ3n) is 5.19. The van der Waals surface area contributed by atoms with Gasteiger partial charge in [-0.1, -0.05) is 6.07 Å². The van der Waals surface area contributed by atoms with E-state index in [1.165, 1.54) is 11.1 Å². The molecular formula is C22H22N4O. The van der Waals surface area contributed by atoms with Crippen molar-refractivity contribution in [3.8, 4) is 11.1 Å². The molecular weight excluding hydrogens is 336 g/mol. The van der Waals surface area contributed by atoms with Gasteiger partial charge in [-0.3, -0.25) is 19.9 Å². The lowest BCUT2D eigenvalue weighted by Gasteiger charge is -2.21. The van der Waals surface area contributed by atoms with E-state index in [4.69, 9.17) is 0 Å². The molecule has 0 N–H and O–H groups in total. The van der Waals surface area contributed by atoms with Crippen LogP contribution in [0.2, 0.25) is 0 Å². The number of aryl methyl sites for hydroxylation is 2. The first kappa shape index (κ1) is 17.5. The molecule has 0 saturated heterocycles. The van der Waals surface area contributed by atoms with Crippen LogP contribution in [0.1, 0.15) is 34.1 Å². The van der Waals surface area contributed by atoms with Gasteiger partial charge < -0.3 is 4.79 Å². The number of hydrogen-bond donors (Lipinski definition) is 0. The van der Waals surface area contributed by atoms with E-state index in [1.807, 2.05) is 30.6 Å². The molecule has 136 valence electrons. The van der Waals surface area contributed by atoms with Crippen LogP contribution in [0.25, 0.3) is 11.1 Å². The highest BCUT2D eigenvalue weighted by molar-refractivity contribution is 5.75. The second-order valence-corrected chi connectivity index (χ2v) is 7.03. The van der Waals surface area contributed by atoms with Crippen molar-refractivity contribution in [2.24, 2.45) is 0 Å². The van der Waals surface area contributed by atoms with E-state index in [0.29, 0.717) is 6.54 Å². The molecule has 0 saturated carbocycles. The fraction of sp³-hybridized carbons (Fsp3) is 0.273. The number of carbonyl (C=O) groups excluding carboxylic acids is 1. The number of pyridine rings is 3. The molecule has 4 rings (SSSR count). The van der Waals surface area contributed by atoms with Crippen molar-refractivity contribution in [1.29, 1.82) is 0 Å². The molecule has 0 fully saturated rings. The maximum Gasteiger partial charge on any atom is 0.141 e. The Bertz CT molecular complexity index is 971. The van der Waals surface area contributed by atoms with Gasteiger partial charge in [0.1, 0.15) is 6.29 Å². The lowest BCUT2D eigenvalue weighted by molar-refractivity contribution is -0.112. The molecule has 27 heavy (non-hydrogen) atoms. The Labute approximate surface area is 159 Å². The molecule has 5 nitrogen and oxygen atoms in total. The Balaban J connectivity index is 1.60. The Morgan fingerprint density at radius 3 is 2.70 bits per heavy atom. The standard InChI is InChI=1S/C22H22N4O/c1-15-11-16(2)19(25-12-15)6-10-26-13-20-22(21(26)14-27)18(5-9-24-20)17-3-7-23-8-4-17/h3-5,7-9,11-12,14,21H,6,10,13H2,1-2H3. The molecule has 3 aromatic rings. The van der Waals surface area contributed by atoms with Crippen LogP contribution in [-0.4, -0.2) is 32.7 Å². The smallest absolute Gasteiger partial charge is 0.141 e. The molecule has 0 bridgehead atoms. The van der Waals surface area contributed by atoms with Gasteiger partial charge in [0.15, 0.2) is 0 Å². The average molecular weight is 358 g/mol. The largest absolute Gasteiger partial charge is 0.301 e. The van der Waals surface area contributed by atoms with Crippen molar-refractivity contribution in [2.75, 3.05) is 6.54 Å². The Morgan fingerprint density at radius 1 is 1.15 bits per heavy atom. The topological polar surface area (TPSA) is 59.0 Å². The number of rotatable bonds is 5. The van der Waals surface area contributed by atoms with E-state index in [-0.39, 0.29) is 6.04 Å². The van der Waals surface area contributed by atoms with E-state index >= 15 is 0 Å². The Hall–Kier alpha value is -2.92. The minimum atomic E-state index is -0.275. The molecule has 1 unspecified atom stereocenters. The summed E-state index contributed by atoms with van der Waals surface area (Å²) in [7, 11) is 0. The van der Waals surface area contributed by atoms with Crippen molar-refractivity contribution < 1.29 is 4.79 Å². The van der Waals surface area contributed by atoms with Crippen LogP contribution in [0.3, 0.4) is 0 Å². The predicted molar refractivity (Wildman–Crippen MR) is 104 cm³/mol. The number of nitrogens with zero attached hydrogens (tertiary/aromatic N) is 4. The van der Waals surface area contributed by atoms with Crippen molar-refractivity contribution in [3.05, 3.63) is 77.1 Å². The minimum absolute atomic E-state index is 0.275. The highest BCUT2D eigenvalue weighted by Gasteiger charge is 2.33. The van der Waals surface area contributed by atoms with Gasteiger partial charge in [-0.05, 0) is 54.3 Å². The number of aromatic nitrogens is 3. The maximum absolute atomic E-state index is 12.0. The lowest BCUT2D eigenvalue weighted by Crippen LogP contribution is -2.26. The molecule has 3 aromatic heterocycles. The zero-order valence-corrected chi connectivity index (χ0v) is 15.6. The van der Waals surface area contributed by atoms with Crippen molar-refractivity contribution in [3.63, 3.8) is 0 Å². The molecule has 0 aromatic carbocycles. The molecule has 4 heterocycles. The lowest BCUT2D eigenvalue weighted by atomic mass is 9.97. The van der Waals surface area contributed by atoms with Crippen LogP contribution in [0, 0.1) is 13.8 Å². The Morgan fingerprint density at radius 2 is 1.96 bits per heavy atom. The summed E-state index contributed by atoms with van der Waals surface area (Å²) in [4.78, 5) is 27.4. The molecule has 5 heteroatoms. The van der Waals surface area contributed by atoms with Crippen LogP contribution in [0.4, 0.5) is 0 Å². The highest BCUT2D eigenvalue weighted by Crippen LogP contribution is 2.38. The van der Waals surface area contributed by atoms with E-state index in [9.17, 15) is 4.79 Å². The third kappa shape index (κ3) is 3.38. The molecule has 1 aliphatic rings. The summed E-state index contributed by atoms with van der Waals surface area (Å²) >= 11 is 0. The van der Waals surface area contributed by atoms with Gasteiger partial charge in [-0.25, -0.2) is 0 Å². The maximum atomic E-state index is 12.0. The normalized spacial score (nSPS) is 16.3. The van der Waals surface area contributed by atoms with Crippen molar-refractivity contribution in [2.45, 2.75) is 32.9 Å². The van der Waals surface area contributed by atoms with E-state index in [0.717, 1.165) is 47.3 Å². The number of fused-ring (bicyclic) bond motifs is 1. The first-order valence-electron chi connectivity index (χ1n) is 9.17. The predicted octanol–water partition coefficient (Wildman–Crippen LogP) is 3.45. The second-order valence-electron chi connectivity index (χ2n) is 7.03. The summed E-state index contributed by atoms with van der Waals surface area (Å²) in [6, 6.07) is 7.81. The molecule has 0 amide bonds. The quantitative estimate of drug-likeness (QED) is 0.654. The average Bonchev–Trinajstić information content (AvgIpc) is 3.05. The highest BCUT2D eigenvalue weighted by atomic mass is 16.1. The van der Waals surface area contributed by atoms with Crippen LogP contribution in [0.15, 0.2) is 49.1 Å². The van der Waals surface area contributed by atoms with E-state index < -0.39 is 0 Å². The summed E-state index contributed by atoms with van der Waals surface area (Å²) < 4.78 is 0. The summed E-state index contributed by atoms with van der Waals surface area (Å²) in [6.07, 6.45) is 9.13. The fourth-order valence-electron chi connectivity index (χ4n) is 3.86. The van der Waals surface area contributed by atoms with Crippen LogP contribution >= 0.6 is 0 Å². The number of hydrogen-bond acceptors (Lipinski definition) is 5. The minimum Gasteiger partial charge on any atom is -0.301 e.